The highest BCUT2D eigenvalue weighted by Gasteiger charge is 2.42. The van der Waals surface area contributed by atoms with E-state index in [1.165, 1.54) is 0 Å². The summed E-state index contributed by atoms with van der Waals surface area (Å²) >= 11 is 0. The Morgan fingerprint density at radius 2 is 1.93 bits per heavy atom. The molecule has 0 amide bonds. The lowest BCUT2D eigenvalue weighted by atomic mass is 9.83. The highest BCUT2D eigenvalue weighted by Crippen LogP contribution is 2.44. The number of aromatic nitrogens is 4. The molecule has 2 aliphatic heterocycles. The predicted molar refractivity (Wildman–Crippen MR) is 172 cm³/mol. The number of hydrogen-bond acceptors (Lipinski definition) is 8. The summed E-state index contributed by atoms with van der Waals surface area (Å²) in [7, 11) is 0.0590. The van der Waals surface area contributed by atoms with Crippen LogP contribution < -0.4 is 10.6 Å². The lowest BCUT2D eigenvalue weighted by Crippen LogP contribution is -2.45. The van der Waals surface area contributed by atoms with E-state index in [0.29, 0.717) is 49.0 Å². The Labute approximate surface area is 256 Å². The topological polar surface area (TPSA) is 104 Å². The van der Waals surface area contributed by atoms with Crippen molar-refractivity contribution in [1.29, 1.82) is 5.26 Å². The molecule has 2 N–H and O–H groups in total. The fraction of sp³-hybridized carbons (Fsp3) is 0.562. The second-order valence-electron chi connectivity index (χ2n) is 14.2. The summed E-state index contributed by atoms with van der Waals surface area (Å²) in [5.41, 5.74) is 3.23. The highest BCUT2D eigenvalue weighted by atomic mass is 28.4. The number of aryl methyl sites for hydroxylation is 1. The van der Waals surface area contributed by atoms with Crippen LogP contribution in [-0.2, 0) is 16.4 Å². The first-order valence-corrected chi connectivity index (χ1v) is 18.0. The molecule has 1 atom stereocenters. The van der Waals surface area contributed by atoms with Crippen LogP contribution in [0.3, 0.4) is 0 Å². The van der Waals surface area contributed by atoms with Gasteiger partial charge in [-0.15, -0.1) is 0 Å². The van der Waals surface area contributed by atoms with Gasteiger partial charge >= 0.3 is 0 Å². The van der Waals surface area contributed by atoms with E-state index >= 15 is 4.39 Å². The third kappa shape index (κ3) is 6.47. The van der Waals surface area contributed by atoms with Crippen LogP contribution in [0.4, 0.5) is 21.8 Å². The van der Waals surface area contributed by atoms with Crippen molar-refractivity contribution in [2.75, 3.05) is 43.9 Å². The van der Waals surface area contributed by atoms with Crippen LogP contribution >= 0.6 is 0 Å². The number of likely N-dealkylation sites (tertiary alicyclic amines) is 1. The van der Waals surface area contributed by atoms with Crippen molar-refractivity contribution in [3.05, 3.63) is 47.3 Å². The summed E-state index contributed by atoms with van der Waals surface area (Å²) in [6.45, 7) is 18.3. The van der Waals surface area contributed by atoms with Gasteiger partial charge in [0.2, 0.25) is 5.95 Å². The van der Waals surface area contributed by atoms with Gasteiger partial charge in [-0.1, -0.05) is 27.7 Å². The van der Waals surface area contributed by atoms with Crippen molar-refractivity contribution in [1.82, 2.24) is 24.6 Å². The van der Waals surface area contributed by atoms with Crippen molar-refractivity contribution in [3.8, 4) is 17.3 Å². The standard InChI is InChI=1S/C32H45FN8OSi/c1-22-15-27(41(39-22)20-32(33)10-13-40(6)14-11-32)38-29-35-12-9-26(37-29)23-16-24(18-34)28-25(17-23)31(5,19-36-28)21-42-43(7,8)30(2,3)4/h9,12,15-17,36H,10-11,13-14,19-21H2,1-8H3,(H,35,37,38)/t31-/m1/s1. The second kappa shape index (κ2) is 11.3. The Bertz CT molecular complexity index is 1530. The van der Waals surface area contributed by atoms with Crippen LogP contribution in [0.15, 0.2) is 30.5 Å². The molecule has 1 fully saturated rings. The van der Waals surface area contributed by atoms with E-state index in [0.717, 1.165) is 35.6 Å². The molecule has 5 rings (SSSR count). The molecule has 2 aliphatic rings. The minimum absolute atomic E-state index is 0.105. The molecule has 0 aliphatic carbocycles. The molecule has 1 saturated heterocycles. The Morgan fingerprint density at radius 1 is 1.21 bits per heavy atom. The lowest BCUT2D eigenvalue weighted by molar-refractivity contribution is 0.0504. The van der Waals surface area contributed by atoms with E-state index in [9.17, 15) is 5.26 Å². The van der Waals surface area contributed by atoms with Crippen LogP contribution in [0, 0.1) is 18.3 Å². The number of nitrogens with zero attached hydrogens (tertiary/aromatic N) is 6. The van der Waals surface area contributed by atoms with E-state index in [1.54, 1.807) is 10.9 Å². The maximum absolute atomic E-state index is 15.7. The predicted octanol–water partition coefficient (Wildman–Crippen LogP) is 6.40. The zero-order valence-electron chi connectivity index (χ0n) is 26.8. The summed E-state index contributed by atoms with van der Waals surface area (Å²) in [5, 5.41) is 21.5. The van der Waals surface area contributed by atoms with Gasteiger partial charge in [0.05, 0.1) is 29.2 Å². The van der Waals surface area contributed by atoms with Crippen molar-refractivity contribution in [3.63, 3.8) is 0 Å². The first-order chi connectivity index (χ1) is 20.1. The van der Waals surface area contributed by atoms with Gasteiger partial charge in [0.25, 0.3) is 0 Å². The Morgan fingerprint density at radius 3 is 2.60 bits per heavy atom. The number of hydrogen-bond donors (Lipinski definition) is 2. The molecule has 1 aromatic carbocycles. The smallest absolute Gasteiger partial charge is 0.228 e. The van der Waals surface area contributed by atoms with Gasteiger partial charge in [-0.2, -0.15) is 10.4 Å². The molecule has 2 aromatic heterocycles. The number of benzene rings is 1. The molecular weight excluding hydrogens is 559 g/mol. The highest BCUT2D eigenvalue weighted by molar-refractivity contribution is 6.74. The van der Waals surface area contributed by atoms with Gasteiger partial charge in [0, 0.05) is 49.5 Å². The van der Waals surface area contributed by atoms with Crippen molar-refractivity contribution in [2.24, 2.45) is 0 Å². The van der Waals surface area contributed by atoms with Gasteiger partial charge in [-0.25, -0.2) is 19.0 Å². The third-order valence-electron chi connectivity index (χ3n) is 9.53. The SMILES string of the molecule is Cc1cc(Nc2nccc(-c3cc(C#N)c4c(c3)[C@@](C)(CO[Si](C)(C)C(C)(C)C)CN4)n2)n(CC2(F)CCN(C)CC2)n1. The molecule has 4 heterocycles. The molecule has 0 unspecified atom stereocenters. The Hall–Kier alpha value is -3.33. The van der Waals surface area contributed by atoms with E-state index < -0.39 is 14.0 Å². The zero-order chi connectivity index (χ0) is 31.2. The molecule has 3 aromatic rings. The first kappa shape index (κ1) is 31.1. The van der Waals surface area contributed by atoms with Crippen molar-refractivity contribution >= 4 is 25.8 Å². The quantitative estimate of drug-likeness (QED) is 0.285. The molecule has 9 nitrogen and oxygen atoms in total. The fourth-order valence-electron chi connectivity index (χ4n) is 5.51. The lowest BCUT2D eigenvalue weighted by Gasteiger charge is -2.39. The molecule has 0 bridgehead atoms. The number of nitrogens with one attached hydrogen (secondary N) is 2. The van der Waals surface area contributed by atoms with E-state index in [1.807, 2.05) is 32.2 Å². The molecule has 11 heteroatoms. The van der Waals surface area contributed by atoms with Crippen LogP contribution in [0.25, 0.3) is 11.3 Å². The molecule has 43 heavy (non-hydrogen) atoms. The fourth-order valence-corrected chi connectivity index (χ4v) is 6.63. The van der Waals surface area contributed by atoms with Crippen LogP contribution in [0.5, 0.6) is 0 Å². The van der Waals surface area contributed by atoms with Gasteiger partial charge in [-0.3, -0.25) is 0 Å². The Kier molecular flexibility index (Phi) is 8.18. The zero-order valence-corrected chi connectivity index (χ0v) is 27.8. The summed E-state index contributed by atoms with van der Waals surface area (Å²) < 4.78 is 24.0. The monoisotopic (exact) mass is 604 g/mol. The molecule has 0 spiro atoms. The number of nitriles is 1. The van der Waals surface area contributed by atoms with Gasteiger partial charge in [0.15, 0.2) is 8.32 Å². The van der Waals surface area contributed by atoms with E-state index in [4.69, 9.17) is 9.41 Å². The number of halogens is 1. The summed E-state index contributed by atoms with van der Waals surface area (Å²) in [5.74, 6) is 1.04. The van der Waals surface area contributed by atoms with Gasteiger partial charge in [-0.05, 0) is 68.7 Å². The van der Waals surface area contributed by atoms with Crippen molar-refractivity contribution in [2.45, 2.75) is 83.2 Å². The van der Waals surface area contributed by atoms with Crippen LogP contribution in [0.2, 0.25) is 18.1 Å². The molecule has 0 saturated carbocycles. The third-order valence-corrected chi connectivity index (χ3v) is 14.0. The van der Waals surface area contributed by atoms with Gasteiger partial charge in [0.1, 0.15) is 17.6 Å². The maximum Gasteiger partial charge on any atom is 0.228 e. The summed E-state index contributed by atoms with van der Waals surface area (Å²) in [6, 6.07) is 10.1. The average Bonchev–Trinajstić information content (AvgIpc) is 3.46. The molecular formula is C32H45FN8OSi. The normalized spacial score (nSPS) is 20.4. The Balaban J connectivity index is 1.41. The van der Waals surface area contributed by atoms with E-state index in [-0.39, 0.29) is 17.0 Å². The average molecular weight is 605 g/mol. The van der Waals surface area contributed by atoms with Crippen LogP contribution in [-0.4, -0.2) is 71.9 Å². The first-order valence-electron chi connectivity index (χ1n) is 15.1. The summed E-state index contributed by atoms with van der Waals surface area (Å²) in [6.07, 6.45) is 2.65. The minimum Gasteiger partial charge on any atom is -0.416 e. The number of rotatable bonds is 8. The second-order valence-corrected chi connectivity index (χ2v) is 19.0. The van der Waals surface area contributed by atoms with E-state index in [2.05, 4.69) is 78.5 Å². The van der Waals surface area contributed by atoms with Gasteiger partial charge < -0.3 is 20.0 Å². The number of alkyl halides is 1. The van der Waals surface area contributed by atoms with Crippen LogP contribution in [0.1, 0.15) is 57.4 Å². The minimum atomic E-state index is -1.96. The number of piperidine rings is 1. The largest absolute Gasteiger partial charge is 0.416 e. The summed E-state index contributed by atoms with van der Waals surface area (Å²) in [4.78, 5) is 11.4. The number of fused-ring (bicyclic) bond motifs is 1. The number of anilines is 3. The molecule has 0 radical (unpaired) electrons. The maximum atomic E-state index is 15.7. The van der Waals surface area contributed by atoms with Crippen molar-refractivity contribution < 1.29 is 8.82 Å². The molecule has 230 valence electrons.